The van der Waals surface area contributed by atoms with Crippen molar-refractivity contribution < 1.29 is 38.1 Å². The van der Waals surface area contributed by atoms with Crippen molar-refractivity contribution in [2.75, 3.05) is 46.5 Å². The molecule has 3 amide bonds. The molecule has 47 heavy (non-hydrogen) atoms. The molecule has 0 radical (unpaired) electrons. The van der Waals surface area contributed by atoms with E-state index in [0.717, 1.165) is 0 Å². The minimum atomic E-state index is -0.643. The molecule has 2 aromatic carbocycles. The van der Waals surface area contributed by atoms with Crippen molar-refractivity contribution in [2.24, 2.45) is 0 Å². The number of β-amino-alcohol motifs (C(OH)–C–C–N with tert-alkyl or cyclic N) is 1. The molecule has 0 aromatic heterocycles. The van der Waals surface area contributed by atoms with Crippen LogP contribution in [0, 0.1) is 5.82 Å². The van der Waals surface area contributed by atoms with E-state index in [1.54, 1.807) is 16.9 Å². The van der Waals surface area contributed by atoms with Gasteiger partial charge in [0.05, 0.1) is 29.3 Å². The van der Waals surface area contributed by atoms with Crippen LogP contribution in [0.15, 0.2) is 30.3 Å². The van der Waals surface area contributed by atoms with Crippen LogP contribution in [-0.4, -0.2) is 108 Å². The molecular weight excluding hydrogens is 629 g/mol. The third-order valence-corrected chi connectivity index (χ3v) is 8.55. The fourth-order valence-electron chi connectivity index (χ4n) is 6.04. The van der Waals surface area contributed by atoms with Crippen molar-refractivity contribution >= 4 is 29.5 Å². The van der Waals surface area contributed by atoms with E-state index in [9.17, 15) is 19.5 Å². The zero-order chi connectivity index (χ0) is 34.5. The maximum absolute atomic E-state index is 15.5. The second-order valence-electron chi connectivity index (χ2n) is 13.4. The summed E-state index contributed by atoms with van der Waals surface area (Å²) >= 11 is 6.81. The number of ether oxygens (including phenoxy) is 3. The van der Waals surface area contributed by atoms with Gasteiger partial charge in [-0.3, -0.25) is 9.59 Å². The number of halogens is 2. The van der Waals surface area contributed by atoms with E-state index >= 15 is 4.39 Å². The van der Waals surface area contributed by atoms with Crippen molar-refractivity contribution in [1.29, 1.82) is 0 Å². The Morgan fingerprint density at radius 1 is 1.04 bits per heavy atom. The normalized spacial score (nSPS) is 18.4. The first kappa shape index (κ1) is 36.4. The van der Waals surface area contributed by atoms with Crippen molar-refractivity contribution in [3.05, 3.63) is 52.3 Å². The summed E-state index contributed by atoms with van der Waals surface area (Å²) in [5.41, 5.74) is 0.186. The molecule has 2 aliphatic rings. The lowest BCUT2D eigenvalue weighted by Gasteiger charge is -2.41. The smallest absolute Gasteiger partial charge is 0.410 e. The number of aliphatic hydroxyl groups is 1. The summed E-state index contributed by atoms with van der Waals surface area (Å²) in [4.78, 5) is 45.2. The summed E-state index contributed by atoms with van der Waals surface area (Å²) in [6.45, 7) is 11.4. The molecule has 1 N–H and O–H groups in total. The van der Waals surface area contributed by atoms with Crippen LogP contribution in [0.2, 0.25) is 5.02 Å². The van der Waals surface area contributed by atoms with E-state index in [1.165, 1.54) is 35.2 Å². The zero-order valence-corrected chi connectivity index (χ0v) is 28.9. The lowest BCUT2D eigenvalue weighted by atomic mass is 9.97. The van der Waals surface area contributed by atoms with Crippen LogP contribution in [0.3, 0.4) is 0 Å². The number of carbonyl (C=O) groups excluding carboxylic acids is 3. The predicted octanol–water partition coefficient (Wildman–Crippen LogP) is 6.02. The molecule has 0 saturated carbocycles. The minimum absolute atomic E-state index is 0.0958. The number of amides is 3. The topological polar surface area (TPSA) is 109 Å². The standard InChI is InChI=1S/C35H47ClFN3O7/c1-22(2)40(24-9-7-13-39(20-24)34(44)47-35(3,4)5)33(43)28-19-31(46-16-8-15-45-6)27(18-29(28)36)26-17-23(10-11-30(26)37)32(42)38-14-12-25(41)21-38/h10-11,17-19,22,24-25,41H,7-9,12-16,20-21H2,1-6H3/t24-,25+/m1/s1. The van der Waals surface area contributed by atoms with Crippen molar-refractivity contribution in [2.45, 2.75) is 84.1 Å². The zero-order valence-electron chi connectivity index (χ0n) is 28.2. The number of hydrogen-bond acceptors (Lipinski definition) is 7. The fraction of sp³-hybridized carbons (Fsp3) is 0.571. The second kappa shape index (κ2) is 15.7. The number of nitrogens with zero attached hydrogens (tertiary/aromatic N) is 3. The van der Waals surface area contributed by atoms with E-state index in [2.05, 4.69) is 0 Å². The molecular formula is C35H47ClFN3O7. The molecule has 0 aliphatic carbocycles. The number of aliphatic hydroxyl groups excluding tert-OH is 1. The van der Waals surface area contributed by atoms with Crippen LogP contribution < -0.4 is 4.74 Å². The number of piperidine rings is 1. The van der Waals surface area contributed by atoms with E-state index in [0.29, 0.717) is 57.5 Å². The second-order valence-corrected chi connectivity index (χ2v) is 13.8. The molecule has 2 saturated heterocycles. The average Bonchev–Trinajstić information content (AvgIpc) is 3.45. The Bertz CT molecular complexity index is 1450. The van der Waals surface area contributed by atoms with Gasteiger partial charge in [-0.05, 0) is 84.2 Å². The molecule has 0 unspecified atom stereocenters. The highest BCUT2D eigenvalue weighted by Crippen LogP contribution is 2.38. The van der Waals surface area contributed by atoms with Crippen LogP contribution >= 0.6 is 11.6 Å². The summed E-state index contributed by atoms with van der Waals surface area (Å²) in [6, 6.07) is 6.60. The Hall–Kier alpha value is -3.41. The maximum atomic E-state index is 15.5. The van der Waals surface area contributed by atoms with Crippen molar-refractivity contribution in [3.8, 4) is 16.9 Å². The summed E-state index contributed by atoms with van der Waals surface area (Å²) in [5, 5.41) is 10.0. The molecule has 2 aliphatic heterocycles. The van der Waals surface area contributed by atoms with Gasteiger partial charge in [0.15, 0.2) is 0 Å². The maximum Gasteiger partial charge on any atom is 0.410 e. The van der Waals surface area contributed by atoms with Crippen LogP contribution in [0.5, 0.6) is 5.75 Å². The van der Waals surface area contributed by atoms with Crippen LogP contribution in [-0.2, 0) is 9.47 Å². The quantitative estimate of drug-likeness (QED) is 0.307. The largest absolute Gasteiger partial charge is 0.493 e. The average molecular weight is 676 g/mol. The van der Waals surface area contributed by atoms with Crippen LogP contribution in [0.25, 0.3) is 11.1 Å². The highest BCUT2D eigenvalue weighted by atomic mass is 35.5. The first-order valence-corrected chi connectivity index (χ1v) is 16.6. The Kier molecular flexibility index (Phi) is 12.1. The molecule has 12 heteroatoms. The first-order chi connectivity index (χ1) is 22.2. The molecule has 10 nitrogen and oxygen atoms in total. The lowest BCUT2D eigenvalue weighted by Crippen LogP contribution is -2.54. The fourth-order valence-corrected chi connectivity index (χ4v) is 6.29. The van der Waals surface area contributed by atoms with Gasteiger partial charge in [0.2, 0.25) is 0 Å². The number of carbonyl (C=O) groups is 3. The first-order valence-electron chi connectivity index (χ1n) is 16.2. The molecule has 2 heterocycles. The van der Waals surface area contributed by atoms with E-state index in [-0.39, 0.29) is 64.5 Å². The Balaban J connectivity index is 1.69. The van der Waals surface area contributed by atoms with Gasteiger partial charge in [-0.15, -0.1) is 0 Å². The number of benzene rings is 2. The minimum Gasteiger partial charge on any atom is -0.493 e. The monoisotopic (exact) mass is 675 g/mol. The molecule has 4 rings (SSSR count). The SMILES string of the molecule is COCCCOc1cc(C(=O)N(C(C)C)[C@@H]2CCCN(C(=O)OC(C)(C)C)C2)c(Cl)cc1-c1cc(C(=O)N2CC[C@H](O)C2)ccc1F. The Morgan fingerprint density at radius 3 is 2.43 bits per heavy atom. The van der Waals surface area contributed by atoms with Gasteiger partial charge in [0.1, 0.15) is 17.2 Å². The van der Waals surface area contributed by atoms with Crippen LogP contribution in [0.4, 0.5) is 9.18 Å². The number of methoxy groups -OCH3 is 1. The van der Waals surface area contributed by atoms with Gasteiger partial charge in [-0.1, -0.05) is 11.6 Å². The summed E-state index contributed by atoms with van der Waals surface area (Å²) < 4.78 is 32.3. The van der Waals surface area contributed by atoms with Gasteiger partial charge in [0.25, 0.3) is 11.8 Å². The highest BCUT2D eigenvalue weighted by molar-refractivity contribution is 6.34. The summed E-state index contributed by atoms with van der Waals surface area (Å²) in [5.74, 6) is -1.01. The summed E-state index contributed by atoms with van der Waals surface area (Å²) in [6.07, 6.45) is 1.41. The van der Waals surface area contributed by atoms with Gasteiger partial charge in [0, 0.05) is 69.0 Å². The molecule has 0 spiro atoms. The van der Waals surface area contributed by atoms with Gasteiger partial charge in [-0.25, -0.2) is 9.18 Å². The highest BCUT2D eigenvalue weighted by Gasteiger charge is 2.35. The third-order valence-electron chi connectivity index (χ3n) is 8.24. The van der Waals surface area contributed by atoms with Crippen molar-refractivity contribution in [1.82, 2.24) is 14.7 Å². The predicted molar refractivity (Wildman–Crippen MR) is 177 cm³/mol. The van der Waals surface area contributed by atoms with Gasteiger partial charge in [-0.2, -0.15) is 0 Å². The van der Waals surface area contributed by atoms with Crippen LogP contribution in [0.1, 0.15) is 81.0 Å². The molecule has 2 aromatic rings. The number of rotatable bonds is 10. The molecule has 2 atom stereocenters. The Morgan fingerprint density at radius 2 is 1.79 bits per heavy atom. The molecule has 2 fully saturated rings. The Labute approximate surface area is 281 Å². The summed E-state index contributed by atoms with van der Waals surface area (Å²) in [7, 11) is 1.58. The van der Waals surface area contributed by atoms with E-state index in [4.69, 9.17) is 25.8 Å². The van der Waals surface area contributed by atoms with E-state index < -0.39 is 23.6 Å². The molecule has 258 valence electrons. The number of likely N-dealkylation sites (tertiary alicyclic amines) is 2. The molecule has 0 bridgehead atoms. The van der Waals surface area contributed by atoms with Crippen molar-refractivity contribution in [3.63, 3.8) is 0 Å². The third kappa shape index (κ3) is 9.15. The van der Waals surface area contributed by atoms with E-state index in [1.807, 2.05) is 34.6 Å². The lowest BCUT2D eigenvalue weighted by molar-refractivity contribution is 0.00752. The number of hydrogen-bond donors (Lipinski definition) is 1. The van der Waals surface area contributed by atoms with Gasteiger partial charge >= 0.3 is 6.09 Å². The van der Waals surface area contributed by atoms with Gasteiger partial charge < -0.3 is 34.0 Å².